The summed E-state index contributed by atoms with van der Waals surface area (Å²) in [5.74, 6) is 0.582. The van der Waals surface area contributed by atoms with Crippen molar-refractivity contribution in [3.05, 3.63) is 53.9 Å². The van der Waals surface area contributed by atoms with Crippen LogP contribution in [0.4, 0.5) is 0 Å². The number of ether oxygens (including phenoxy) is 1. The van der Waals surface area contributed by atoms with Gasteiger partial charge in [-0.3, -0.25) is 14.3 Å². The SMILES string of the molecule is COC(=O)CSc1nnc(-c2ccncc2)n1-c1ccc(C)c(C)c1. The van der Waals surface area contributed by atoms with Gasteiger partial charge in [-0.1, -0.05) is 17.8 Å². The molecular formula is C18H18N4O2S. The smallest absolute Gasteiger partial charge is 0.316 e. The summed E-state index contributed by atoms with van der Waals surface area (Å²) in [7, 11) is 1.37. The summed E-state index contributed by atoms with van der Waals surface area (Å²) < 4.78 is 6.67. The number of hydrogen-bond donors (Lipinski definition) is 0. The minimum Gasteiger partial charge on any atom is -0.468 e. The molecule has 1 aromatic carbocycles. The van der Waals surface area contributed by atoms with Gasteiger partial charge >= 0.3 is 5.97 Å². The third kappa shape index (κ3) is 3.71. The van der Waals surface area contributed by atoms with Crippen LogP contribution in [0, 0.1) is 13.8 Å². The first-order valence-corrected chi connectivity index (χ1v) is 8.71. The lowest BCUT2D eigenvalue weighted by atomic mass is 10.1. The van der Waals surface area contributed by atoms with E-state index in [1.165, 1.54) is 30.0 Å². The zero-order valence-electron chi connectivity index (χ0n) is 14.3. The number of rotatable bonds is 5. The molecule has 25 heavy (non-hydrogen) atoms. The lowest BCUT2D eigenvalue weighted by Crippen LogP contribution is -2.06. The molecule has 3 rings (SSSR count). The topological polar surface area (TPSA) is 69.9 Å². The van der Waals surface area contributed by atoms with Gasteiger partial charge in [0.25, 0.3) is 0 Å². The molecule has 0 atom stereocenters. The summed E-state index contributed by atoms with van der Waals surface area (Å²) in [5.41, 5.74) is 4.25. The summed E-state index contributed by atoms with van der Waals surface area (Å²) in [6.07, 6.45) is 3.44. The standard InChI is InChI=1S/C18H18N4O2S/c1-12-4-5-15(10-13(12)2)22-17(14-6-8-19-9-7-14)20-21-18(22)25-11-16(23)24-3/h4-10H,11H2,1-3H3. The Hall–Kier alpha value is -2.67. The van der Waals surface area contributed by atoms with Gasteiger partial charge in [-0.2, -0.15) is 0 Å². The predicted octanol–water partition coefficient (Wildman–Crippen LogP) is 3.21. The van der Waals surface area contributed by atoms with Crippen LogP contribution in [-0.2, 0) is 9.53 Å². The van der Waals surface area contributed by atoms with Gasteiger partial charge in [-0.15, -0.1) is 10.2 Å². The minimum absolute atomic E-state index is 0.176. The number of aromatic nitrogens is 4. The molecule has 0 radical (unpaired) electrons. The number of nitrogens with zero attached hydrogens (tertiary/aromatic N) is 4. The maximum Gasteiger partial charge on any atom is 0.316 e. The summed E-state index contributed by atoms with van der Waals surface area (Å²) >= 11 is 1.30. The molecule has 3 aromatic rings. The molecule has 0 unspecified atom stereocenters. The maximum atomic E-state index is 11.5. The molecule has 0 aliphatic heterocycles. The first-order valence-electron chi connectivity index (χ1n) is 7.73. The third-order valence-corrected chi connectivity index (χ3v) is 4.77. The monoisotopic (exact) mass is 354 g/mol. The molecular weight excluding hydrogens is 336 g/mol. The number of pyridine rings is 1. The van der Waals surface area contributed by atoms with Gasteiger partial charge in [0.05, 0.1) is 18.6 Å². The third-order valence-electron chi connectivity index (χ3n) is 3.87. The number of esters is 1. The largest absolute Gasteiger partial charge is 0.468 e. The molecule has 0 saturated heterocycles. The number of carbonyl (C=O) groups is 1. The Morgan fingerprint density at radius 2 is 1.88 bits per heavy atom. The molecule has 0 fully saturated rings. The average molecular weight is 354 g/mol. The van der Waals surface area contributed by atoms with Crippen molar-refractivity contribution >= 4 is 17.7 Å². The zero-order valence-corrected chi connectivity index (χ0v) is 15.1. The van der Waals surface area contributed by atoms with Crippen molar-refractivity contribution in [2.24, 2.45) is 0 Å². The van der Waals surface area contributed by atoms with E-state index in [9.17, 15) is 4.79 Å². The van der Waals surface area contributed by atoms with Gasteiger partial charge in [0, 0.05) is 18.0 Å². The summed E-state index contributed by atoms with van der Waals surface area (Å²) in [4.78, 5) is 15.6. The Morgan fingerprint density at radius 3 is 2.56 bits per heavy atom. The van der Waals surface area contributed by atoms with Crippen molar-refractivity contribution in [2.45, 2.75) is 19.0 Å². The predicted molar refractivity (Wildman–Crippen MR) is 96.8 cm³/mol. The number of methoxy groups -OCH3 is 1. The second-order valence-electron chi connectivity index (χ2n) is 5.51. The molecule has 0 saturated carbocycles. The second kappa shape index (κ2) is 7.48. The molecule has 0 bridgehead atoms. The summed E-state index contributed by atoms with van der Waals surface area (Å²) in [6.45, 7) is 4.14. The summed E-state index contributed by atoms with van der Waals surface area (Å²) in [6, 6.07) is 9.95. The van der Waals surface area contributed by atoms with E-state index < -0.39 is 0 Å². The number of benzene rings is 1. The average Bonchev–Trinajstić information content (AvgIpc) is 3.06. The normalized spacial score (nSPS) is 10.7. The van der Waals surface area contributed by atoms with Gasteiger partial charge in [-0.05, 0) is 49.2 Å². The molecule has 0 aliphatic carbocycles. The zero-order chi connectivity index (χ0) is 17.8. The van der Waals surface area contributed by atoms with E-state index in [0.29, 0.717) is 11.0 Å². The van der Waals surface area contributed by atoms with Gasteiger partial charge in [0.15, 0.2) is 11.0 Å². The highest BCUT2D eigenvalue weighted by molar-refractivity contribution is 7.99. The van der Waals surface area contributed by atoms with E-state index in [1.807, 2.05) is 22.8 Å². The van der Waals surface area contributed by atoms with Crippen LogP contribution in [0.15, 0.2) is 47.9 Å². The fraction of sp³-hybridized carbons (Fsp3) is 0.222. The van der Waals surface area contributed by atoms with E-state index >= 15 is 0 Å². The van der Waals surface area contributed by atoms with Crippen molar-refractivity contribution in [1.29, 1.82) is 0 Å². The maximum absolute atomic E-state index is 11.5. The van der Waals surface area contributed by atoms with E-state index in [4.69, 9.17) is 4.74 Å². The first-order chi connectivity index (χ1) is 12.1. The molecule has 0 aliphatic rings. The highest BCUT2D eigenvalue weighted by Gasteiger charge is 2.17. The van der Waals surface area contributed by atoms with E-state index in [2.05, 4.69) is 41.2 Å². The van der Waals surface area contributed by atoms with Gasteiger partial charge in [-0.25, -0.2) is 0 Å². The summed E-state index contributed by atoms with van der Waals surface area (Å²) in [5, 5.41) is 9.25. The number of hydrogen-bond acceptors (Lipinski definition) is 6. The number of carbonyl (C=O) groups excluding carboxylic acids is 1. The van der Waals surface area contributed by atoms with Gasteiger partial charge in [0.1, 0.15) is 0 Å². The van der Waals surface area contributed by atoms with E-state index in [1.54, 1.807) is 12.4 Å². The van der Waals surface area contributed by atoms with Crippen LogP contribution in [0.1, 0.15) is 11.1 Å². The Balaban J connectivity index is 2.09. The Labute approximate surface area is 150 Å². The van der Waals surface area contributed by atoms with Crippen LogP contribution in [0.25, 0.3) is 17.1 Å². The van der Waals surface area contributed by atoms with Crippen LogP contribution in [0.3, 0.4) is 0 Å². The molecule has 0 N–H and O–H groups in total. The first kappa shape index (κ1) is 17.2. The van der Waals surface area contributed by atoms with Crippen LogP contribution in [0.2, 0.25) is 0 Å². The molecule has 128 valence electrons. The molecule has 2 aromatic heterocycles. The van der Waals surface area contributed by atoms with Crippen molar-refractivity contribution in [2.75, 3.05) is 12.9 Å². The molecule has 2 heterocycles. The Bertz CT molecular complexity index is 893. The van der Waals surface area contributed by atoms with E-state index in [-0.39, 0.29) is 11.7 Å². The lowest BCUT2D eigenvalue weighted by Gasteiger charge is -2.12. The molecule has 0 spiro atoms. The minimum atomic E-state index is -0.301. The Morgan fingerprint density at radius 1 is 1.12 bits per heavy atom. The van der Waals surface area contributed by atoms with E-state index in [0.717, 1.165) is 11.3 Å². The molecule has 0 amide bonds. The fourth-order valence-corrected chi connectivity index (χ4v) is 3.12. The fourth-order valence-electron chi connectivity index (χ4n) is 2.33. The lowest BCUT2D eigenvalue weighted by molar-refractivity contribution is -0.137. The van der Waals surface area contributed by atoms with Gasteiger partial charge in [0.2, 0.25) is 0 Å². The highest BCUT2D eigenvalue weighted by Crippen LogP contribution is 2.28. The molecule has 7 heteroatoms. The molecule has 6 nitrogen and oxygen atoms in total. The number of thioether (sulfide) groups is 1. The van der Waals surface area contributed by atoms with Crippen molar-refractivity contribution in [3.63, 3.8) is 0 Å². The van der Waals surface area contributed by atoms with Crippen LogP contribution >= 0.6 is 11.8 Å². The van der Waals surface area contributed by atoms with Crippen LogP contribution < -0.4 is 0 Å². The van der Waals surface area contributed by atoms with Crippen molar-refractivity contribution in [1.82, 2.24) is 19.7 Å². The Kier molecular flexibility index (Phi) is 5.14. The second-order valence-corrected chi connectivity index (χ2v) is 6.45. The quantitative estimate of drug-likeness (QED) is 0.518. The van der Waals surface area contributed by atoms with Crippen LogP contribution in [-0.4, -0.2) is 38.6 Å². The van der Waals surface area contributed by atoms with Gasteiger partial charge < -0.3 is 4.74 Å². The van der Waals surface area contributed by atoms with Crippen LogP contribution in [0.5, 0.6) is 0 Å². The van der Waals surface area contributed by atoms with Crippen molar-refractivity contribution in [3.8, 4) is 17.1 Å². The highest BCUT2D eigenvalue weighted by atomic mass is 32.2. The number of aryl methyl sites for hydroxylation is 2. The van der Waals surface area contributed by atoms with Crippen molar-refractivity contribution < 1.29 is 9.53 Å².